The lowest BCUT2D eigenvalue weighted by Gasteiger charge is -2.22. The third-order valence-corrected chi connectivity index (χ3v) is 6.31. The lowest BCUT2D eigenvalue weighted by Crippen LogP contribution is -2.34. The van der Waals surface area contributed by atoms with Crippen LogP contribution in [0.5, 0.6) is 0 Å². The molecule has 1 heterocycles. The number of carbonyl (C=O) groups is 1. The van der Waals surface area contributed by atoms with Gasteiger partial charge in [0.2, 0.25) is 11.1 Å². The summed E-state index contributed by atoms with van der Waals surface area (Å²) in [5.41, 5.74) is 1.55. The maximum atomic E-state index is 14.1. The summed E-state index contributed by atoms with van der Waals surface area (Å²) in [5.74, 6) is 1.43. The first-order chi connectivity index (χ1) is 14.7. The van der Waals surface area contributed by atoms with Crippen molar-refractivity contribution in [2.24, 2.45) is 0 Å². The molecule has 2 fully saturated rings. The molecule has 1 amide bonds. The SMILES string of the molecule is O=C(CSc1nc(C2CC2)n(-c2ccccc2)n1)N(Cc1ccccc1F)C1CC1. The van der Waals surface area contributed by atoms with Crippen molar-refractivity contribution in [1.29, 1.82) is 0 Å². The molecule has 2 saturated carbocycles. The van der Waals surface area contributed by atoms with E-state index in [1.165, 1.54) is 17.8 Å². The molecule has 30 heavy (non-hydrogen) atoms. The standard InChI is InChI=1S/C23H23FN4OS/c24-20-9-5-4-6-17(20)14-27(18-12-13-18)21(29)15-30-23-25-22(16-10-11-16)28(26-23)19-7-2-1-3-8-19/h1-9,16,18H,10-15H2. The Bertz CT molecular complexity index is 1050. The number of nitrogens with zero attached hydrogens (tertiary/aromatic N) is 4. The van der Waals surface area contributed by atoms with Gasteiger partial charge in [0.15, 0.2) is 0 Å². The van der Waals surface area contributed by atoms with Gasteiger partial charge in [0.1, 0.15) is 11.6 Å². The van der Waals surface area contributed by atoms with Gasteiger partial charge in [-0.1, -0.05) is 48.2 Å². The molecule has 0 atom stereocenters. The average molecular weight is 423 g/mol. The normalized spacial score (nSPS) is 15.9. The van der Waals surface area contributed by atoms with Crippen molar-refractivity contribution in [3.05, 3.63) is 71.8 Å². The molecule has 2 aliphatic rings. The molecule has 5 rings (SSSR count). The van der Waals surface area contributed by atoms with Crippen LogP contribution in [0.25, 0.3) is 5.69 Å². The Kier molecular flexibility index (Phi) is 5.29. The summed E-state index contributed by atoms with van der Waals surface area (Å²) in [6.07, 6.45) is 4.23. The highest BCUT2D eigenvalue weighted by molar-refractivity contribution is 7.99. The van der Waals surface area contributed by atoms with Gasteiger partial charge in [-0.05, 0) is 43.9 Å². The van der Waals surface area contributed by atoms with Gasteiger partial charge in [0.25, 0.3) is 0 Å². The molecule has 7 heteroatoms. The van der Waals surface area contributed by atoms with Gasteiger partial charge in [-0.15, -0.1) is 5.10 Å². The van der Waals surface area contributed by atoms with Crippen LogP contribution in [0.2, 0.25) is 0 Å². The van der Waals surface area contributed by atoms with Crippen LogP contribution in [0.3, 0.4) is 0 Å². The molecule has 0 unspecified atom stereocenters. The summed E-state index contributed by atoms with van der Waals surface area (Å²) >= 11 is 1.36. The van der Waals surface area contributed by atoms with Gasteiger partial charge >= 0.3 is 0 Å². The van der Waals surface area contributed by atoms with Gasteiger partial charge < -0.3 is 4.90 Å². The molecule has 1 aromatic heterocycles. The summed E-state index contributed by atoms with van der Waals surface area (Å²) in [7, 11) is 0. The van der Waals surface area contributed by atoms with Gasteiger partial charge in [0, 0.05) is 24.1 Å². The minimum Gasteiger partial charge on any atom is -0.335 e. The van der Waals surface area contributed by atoms with E-state index in [0.717, 1.165) is 37.2 Å². The van der Waals surface area contributed by atoms with E-state index in [4.69, 9.17) is 4.98 Å². The fourth-order valence-corrected chi connectivity index (χ4v) is 4.27. The molecule has 154 valence electrons. The van der Waals surface area contributed by atoms with Crippen molar-refractivity contribution in [3.63, 3.8) is 0 Å². The number of halogens is 1. The average Bonchev–Trinajstić information content (AvgIpc) is 3.70. The zero-order valence-electron chi connectivity index (χ0n) is 16.6. The molecule has 0 bridgehead atoms. The lowest BCUT2D eigenvalue weighted by molar-refractivity contribution is -0.129. The third-order valence-electron chi connectivity index (χ3n) is 5.49. The molecule has 0 radical (unpaired) electrons. The summed E-state index contributed by atoms with van der Waals surface area (Å²) in [5, 5.41) is 5.29. The largest absolute Gasteiger partial charge is 0.335 e. The minimum atomic E-state index is -0.263. The second kappa shape index (κ2) is 8.22. The fourth-order valence-electron chi connectivity index (χ4n) is 3.56. The Labute approximate surface area is 179 Å². The number of thioether (sulfide) groups is 1. The summed E-state index contributed by atoms with van der Waals surface area (Å²) < 4.78 is 16.0. The van der Waals surface area contributed by atoms with Crippen molar-refractivity contribution >= 4 is 17.7 Å². The molecule has 3 aromatic rings. The zero-order valence-corrected chi connectivity index (χ0v) is 17.4. The molecule has 0 saturated heterocycles. The summed E-state index contributed by atoms with van der Waals surface area (Å²) in [4.78, 5) is 19.5. The Hall–Kier alpha value is -2.67. The van der Waals surface area contributed by atoms with Crippen LogP contribution >= 0.6 is 11.8 Å². The van der Waals surface area contributed by atoms with Crippen molar-refractivity contribution < 1.29 is 9.18 Å². The fraction of sp³-hybridized carbons (Fsp3) is 0.348. The van der Waals surface area contributed by atoms with E-state index in [-0.39, 0.29) is 23.5 Å². The van der Waals surface area contributed by atoms with Crippen molar-refractivity contribution in [1.82, 2.24) is 19.7 Å². The molecular weight excluding hydrogens is 399 g/mol. The van der Waals surface area contributed by atoms with Crippen LogP contribution in [0.4, 0.5) is 4.39 Å². The van der Waals surface area contributed by atoms with Crippen molar-refractivity contribution in [2.45, 2.75) is 49.3 Å². The smallest absolute Gasteiger partial charge is 0.233 e. The van der Waals surface area contributed by atoms with Crippen molar-refractivity contribution in [3.8, 4) is 5.69 Å². The monoisotopic (exact) mass is 422 g/mol. The van der Waals surface area contributed by atoms with Crippen LogP contribution in [0, 0.1) is 5.82 Å². The number of para-hydroxylation sites is 1. The second-order valence-electron chi connectivity index (χ2n) is 7.91. The van der Waals surface area contributed by atoms with E-state index in [9.17, 15) is 9.18 Å². The van der Waals surface area contributed by atoms with Crippen LogP contribution < -0.4 is 0 Å². The van der Waals surface area contributed by atoms with E-state index >= 15 is 0 Å². The highest BCUT2D eigenvalue weighted by atomic mass is 32.2. The number of amides is 1. The molecule has 2 aliphatic carbocycles. The van der Waals surface area contributed by atoms with E-state index in [2.05, 4.69) is 5.10 Å². The maximum absolute atomic E-state index is 14.1. The molecule has 2 aromatic carbocycles. The third kappa shape index (κ3) is 4.26. The molecule has 0 N–H and O–H groups in total. The molecule has 0 aliphatic heterocycles. The van der Waals surface area contributed by atoms with Gasteiger partial charge in [-0.3, -0.25) is 4.79 Å². The van der Waals surface area contributed by atoms with Crippen LogP contribution in [0.1, 0.15) is 43.0 Å². The highest BCUT2D eigenvalue weighted by Gasteiger charge is 2.34. The van der Waals surface area contributed by atoms with Gasteiger partial charge in [-0.2, -0.15) is 0 Å². The maximum Gasteiger partial charge on any atom is 0.233 e. The molecule has 5 nitrogen and oxygen atoms in total. The number of carbonyl (C=O) groups excluding carboxylic acids is 1. The van der Waals surface area contributed by atoms with Crippen LogP contribution in [-0.4, -0.2) is 37.4 Å². The number of hydrogen-bond acceptors (Lipinski definition) is 4. The minimum absolute atomic E-state index is 0.00906. The number of benzene rings is 2. The predicted molar refractivity (Wildman–Crippen MR) is 114 cm³/mol. The Morgan fingerprint density at radius 2 is 1.80 bits per heavy atom. The highest BCUT2D eigenvalue weighted by Crippen LogP contribution is 2.40. The number of aromatic nitrogens is 3. The van der Waals surface area contributed by atoms with Crippen molar-refractivity contribution in [2.75, 3.05) is 5.75 Å². The summed E-state index contributed by atoms with van der Waals surface area (Å²) in [6, 6.07) is 16.9. The first-order valence-electron chi connectivity index (χ1n) is 10.4. The second-order valence-corrected chi connectivity index (χ2v) is 8.85. The lowest BCUT2D eigenvalue weighted by atomic mass is 10.2. The van der Waals surface area contributed by atoms with E-state index in [1.807, 2.05) is 41.1 Å². The predicted octanol–water partition coefficient (Wildman–Crippen LogP) is 4.57. The van der Waals surface area contributed by atoms with Crippen LogP contribution in [0.15, 0.2) is 59.8 Å². The first kappa shape index (κ1) is 19.3. The van der Waals surface area contributed by atoms with Gasteiger partial charge in [0.05, 0.1) is 11.4 Å². The molecular formula is C23H23FN4OS. The van der Waals surface area contributed by atoms with Gasteiger partial charge in [-0.25, -0.2) is 14.1 Å². The Morgan fingerprint density at radius 3 is 2.50 bits per heavy atom. The number of hydrogen-bond donors (Lipinski definition) is 0. The number of rotatable bonds is 8. The summed E-state index contributed by atoms with van der Waals surface area (Å²) in [6.45, 7) is 0.315. The van der Waals surface area contributed by atoms with E-state index in [1.54, 1.807) is 17.0 Å². The molecule has 0 spiro atoms. The first-order valence-corrected chi connectivity index (χ1v) is 11.4. The van der Waals surface area contributed by atoms with Crippen LogP contribution in [-0.2, 0) is 11.3 Å². The van der Waals surface area contributed by atoms with E-state index in [0.29, 0.717) is 23.2 Å². The van der Waals surface area contributed by atoms with E-state index < -0.39 is 0 Å². The zero-order chi connectivity index (χ0) is 20.5. The Balaban J connectivity index is 1.29. The Morgan fingerprint density at radius 1 is 1.07 bits per heavy atom. The topological polar surface area (TPSA) is 51.0 Å². The quantitative estimate of drug-likeness (QED) is 0.499.